The van der Waals surface area contributed by atoms with Crippen LogP contribution in [0.5, 0.6) is 0 Å². The van der Waals surface area contributed by atoms with Crippen molar-refractivity contribution >= 4 is 23.0 Å². The average Bonchev–Trinajstić information content (AvgIpc) is 3.29. The van der Waals surface area contributed by atoms with Gasteiger partial charge in [-0.2, -0.15) is 0 Å². The van der Waals surface area contributed by atoms with E-state index in [0.717, 1.165) is 44.8 Å². The van der Waals surface area contributed by atoms with E-state index in [4.69, 9.17) is 0 Å². The fourth-order valence-corrected chi connectivity index (χ4v) is 4.19. The molecule has 2 aromatic rings. The van der Waals surface area contributed by atoms with Crippen LogP contribution in [0, 0.1) is 0 Å². The van der Waals surface area contributed by atoms with Crippen LogP contribution in [0.25, 0.3) is 0 Å². The highest BCUT2D eigenvalue weighted by Crippen LogP contribution is 2.28. The molecule has 1 amide bonds. The maximum Gasteiger partial charge on any atom is 0.263 e. The SMILES string of the molecule is CC(=O)c1ccc(C(=O)N2CCC(c3nccn3CCN(C)C)CC2)s1. The number of aromatic nitrogens is 2. The number of rotatable bonds is 6. The van der Waals surface area contributed by atoms with Gasteiger partial charge in [0.1, 0.15) is 5.82 Å². The van der Waals surface area contributed by atoms with Gasteiger partial charge in [-0.1, -0.05) is 0 Å². The molecule has 2 aromatic heterocycles. The first-order valence-electron chi connectivity index (χ1n) is 9.01. The normalized spacial score (nSPS) is 15.6. The molecule has 6 nitrogen and oxygen atoms in total. The van der Waals surface area contributed by atoms with E-state index in [1.807, 2.05) is 17.3 Å². The highest BCUT2D eigenvalue weighted by molar-refractivity contribution is 7.15. The molecule has 1 aliphatic heterocycles. The summed E-state index contributed by atoms with van der Waals surface area (Å²) >= 11 is 1.29. The molecule has 0 aromatic carbocycles. The summed E-state index contributed by atoms with van der Waals surface area (Å²) in [7, 11) is 4.14. The second-order valence-corrected chi connectivity index (χ2v) is 8.15. The van der Waals surface area contributed by atoms with E-state index in [1.165, 1.54) is 18.3 Å². The van der Waals surface area contributed by atoms with Crippen molar-refractivity contribution in [3.63, 3.8) is 0 Å². The van der Waals surface area contributed by atoms with E-state index in [2.05, 4.69) is 28.5 Å². The molecule has 140 valence electrons. The zero-order valence-corrected chi connectivity index (χ0v) is 16.5. The van der Waals surface area contributed by atoms with Crippen LogP contribution < -0.4 is 0 Å². The van der Waals surface area contributed by atoms with Crippen LogP contribution in [-0.2, 0) is 6.54 Å². The predicted molar refractivity (Wildman–Crippen MR) is 103 cm³/mol. The van der Waals surface area contributed by atoms with Gasteiger partial charge in [0, 0.05) is 44.5 Å². The Morgan fingerprint density at radius 3 is 2.54 bits per heavy atom. The topological polar surface area (TPSA) is 58.4 Å². The lowest BCUT2D eigenvalue weighted by Crippen LogP contribution is -2.38. The summed E-state index contributed by atoms with van der Waals surface area (Å²) < 4.78 is 2.24. The number of hydrogen-bond acceptors (Lipinski definition) is 5. The van der Waals surface area contributed by atoms with E-state index in [9.17, 15) is 9.59 Å². The minimum absolute atomic E-state index is 0.0114. The maximum absolute atomic E-state index is 12.7. The van der Waals surface area contributed by atoms with E-state index in [1.54, 1.807) is 12.1 Å². The third kappa shape index (κ3) is 4.22. The Hall–Kier alpha value is -1.99. The Kier molecular flexibility index (Phi) is 5.88. The number of ketones is 1. The quantitative estimate of drug-likeness (QED) is 0.730. The van der Waals surface area contributed by atoms with E-state index in [0.29, 0.717) is 15.7 Å². The second-order valence-electron chi connectivity index (χ2n) is 7.07. The van der Waals surface area contributed by atoms with Gasteiger partial charge in [-0.05, 0) is 46.0 Å². The second kappa shape index (κ2) is 8.14. The zero-order valence-electron chi connectivity index (χ0n) is 15.6. The summed E-state index contributed by atoms with van der Waals surface area (Å²) in [6, 6.07) is 3.51. The summed E-state index contributed by atoms with van der Waals surface area (Å²) in [4.78, 5) is 34.0. The third-order valence-corrected chi connectivity index (χ3v) is 6.02. The fourth-order valence-electron chi connectivity index (χ4n) is 3.32. The van der Waals surface area contributed by atoms with Gasteiger partial charge in [0.15, 0.2) is 5.78 Å². The smallest absolute Gasteiger partial charge is 0.263 e. The van der Waals surface area contributed by atoms with Crippen LogP contribution in [-0.4, -0.2) is 64.8 Å². The van der Waals surface area contributed by atoms with Crippen molar-refractivity contribution in [2.24, 2.45) is 0 Å². The van der Waals surface area contributed by atoms with Crippen molar-refractivity contribution in [3.05, 3.63) is 40.1 Å². The molecule has 0 bridgehead atoms. The van der Waals surface area contributed by atoms with Gasteiger partial charge in [-0.3, -0.25) is 9.59 Å². The minimum Gasteiger partial charge on any atom is -0.338 e. The Balaban J connectivity index is 1.60. The molecule has 0 N–H and O–H groups in total. The minimum atomic E-state index is 0.0114. The number of carbonyl (C=O) groups is 2. The lowest BCUT2D eigenvalue weighted by molar-refractivity contribution is 0.0715. The van der Waals surface area contributed by atoms with Crippen LogP contribution in [0.4, 0.5) is 0 Å². The number of nitrogens with zero attached hydrogens (tertiary/aromatic N) is 4. The number of carbonyl (C=O) groups excluding carboxylic acids is 2. The first-order chi connectivity index (χ1) is 12.5. The van der Waals surface area contributed by atoms with E-state index in [-0.39, 0.29) is 11.7 Å². The van der Waals surface area contributed by atoms with Crippen molar-refractivity contribution in [2.75, 3.05) is 33.7 Å². The number of thiophene rings is 1. The van der Waals surface area contributed by atoms with Crippen LogP contribution in [0.1, 0.15) is 50.9 Å². The highest BCUT2D eigenvalue weighted by Gasteiger charge is 2.27. The van der Waals surface area contributed by atoms with Gasteiger partial charge in [0.05, 0.1) is 9.75 Å². The van der Waals surface area contributed by atoms with E-state index < -0.39 is 0 Å². The number of likely N-dealkylation sites (tertiary alicyclic amines) is 1. The molecule has 0 aliphatic carbocycles. The summed E-state index contributed by atoms with van der Waals surface area (Å²) in [5.74, 6) is 1.58. The Labute approximate surface area is 158 Å². The van der Waals surface area contributed by atoms with Crippen molar-refractivity contribution in [3.8, 4) is 0 Å². The number of Topliss-reactive ketones (excluding diaryl/α,β-unsaturated/α-hetero) is 1. The summed E-state index contributed by atoms with van der Waals surface area (Å²) in [6.07, 6.45) is 5.77. The Morgan fingerprint density at radius 1 is 1.23 bits per heavy atom. The van der Waals surface area contributed by atoms with Crippen molar-refractivity contribution < 1.29 is 9.59 Å². The molecule has 7 heteroatoms. The molecule has 1 saturated heterocycles. The molecule has 1 aliphatic rings. The van der Waals surface area contributed by atoms with Crippen LogP contribution in [0.3, 0.4) is 0 Å². The van der Waals surface area contributed by atoms with Gasteiger partial charge >= 0.3 is 0 Å². The van der Waals surface area contributed by atoms with Gasteiger partial charge in [0.2, 0.25) is 0 Å². The number of amides is 1. The Bertz CT molecular complexity index is 772. The molecule has 26 heavy (non-hydrogen) atoms. The monoisotopic (exact) mass is 374 g/mol. The molecular weight excluding hydrogens is 348 g/mol. The first-order valence-corrected chi connectivity index (χ1v) is 9.83. The molecule has 0 unspecified atom stereocenters. The molecule has 0 saturated carbocycles. The van der Waals surface area contributed by atoms with Gasteiger partial charge in [-0.15, -0.1) is 11.3 Å². The molecule has 3 rings (SSSR count). The average molecular weight is 375 g/mol. The van der Waals surface area contributed by atoms with Gasteiger partial charge < -0.3 is 14.4 Å². The third-order valence-electron chi connectivity index (χ3n) is 4.85. The number of hydrogen-bond donors (Lipinski definition) is 0. The lowest BCUT2D eigenvalue weighted by Gasteiger charge is -2.31. The van der Waals surface area contributed by atoms with Crippen LogP contribution in [0.2, 0.25) is 0 Å². The summed E-state index contributed by atoms with van der Waals surface area (Å²) in [5.41, 5.74) is 0. The summed E-state index contributed by atoms with van der Waals surface area (Å²) in [5, 5.41) is 0. The van der Waals surface area contributed by atoms with Gasteiger partial charge in [0.25, 0.3) is 5.91 Å². The van der Waals surface area contributed by atoms with Crippen molar-refractivity contribution in [2.45, 2.75) is 32.2 Å². The number of piperidine rings is 1. The Morgan fingerprint density at radius 2 is 1.92 bits per heavy atom. The number of likely N-dealkylation sites (N-methyl/N-ethyl adjacent to an activating group) is 1. The molecular formula is C19H26N4O2S. The maximum atomic E-state index is 12.7. The zero-order chi connectivity index (χ0) is 18.7. The summed E-state index contributed by atoms with van der Waals surface area (Å²) in [6.45, 7) is 4.92. The molecule has 0 spiro atoms. The standard InChI is InChI=1S/C19H26N4O2S/c1-14(24)16-4-5-17(26-16)19(25)23-9-6-15(7-10-23)18-20-8-11-22(18)13-12-21(2)3/h4-5,8,11,15H,6-7,9-10,12-13H2,1-3H3. The molecule has 0 radical (unpaired) electrons. The fraction of sp³-hybridized carbons (Fsp3) is 0.526. The van der Waals surface area contributed by atoms with E-state index >= 15 is 0 Å². The molecule has 3 heterocycles. The number of imidazole rings is 1. The van der Waals surface area contributed by atoms with Crippen molar-refractivity contribution in [1.29, 1.82) is 0 Å². The molecule has 1 fully saturated rings. The van der Waals surface area contributed by atoms with Gasteiger partial charge in [-0.25, -0.2) is 4.98 Å². The van der Waals surface area contributed by atoms with Crippen molar-refractivity contribution in [1.82, 2.24) is 19.4 Å². The van der Waals surface area contributed by atoms with Crippen LogP contribution in [0.15, 0.2) is 24.5 Å². The largest absolute Gasteiger partial charge is 0.338 e. The lowest BCUT2D eigenvalue weighted by atomic mass is 9.95. The molecule has 0 atom stereocenters. The van der Waals surface area contributed by atoms with Crippen LogP contribution >= 0.6 is 11.3 Å². The predicted octanol–water partition coefficient (Wildman–Crippen LogP) is 2.73. The highest BCUT2D eigenvalue weighted by atomic mass is 32.1. The first kappa shape index (κ1) is 18.8.